The summed E-state index contributed by atoms with van der Waals surface area (Å²) in [6, 6.07) is 4.98. The molecule has 0 spiro atoms. The zero-order valence-corrected chi connectivity index (χ0v) is 19.8. The zero-order chi connectivity index (χ0) is 26.2. The Labute approximate surface area is 196 Å². The van der Waals surface area contributed by atoms with Gasteiger partial charge >= 0.3 is 23.9 Å². The highest BCUT2D eigenvalue weighted by Gasteiger charge is 2.29. The van der Waals surface area contributed by atoms with E-state index in [2.05, 4.69) is 0 Å². The Balaban J connectivity index is 2.76. The molecule has 0 aliphatic heterocycles. The second kappa shape index (κ2) is 9.05. The van der Waals surface area contributed by atoms with Crippen LogP contribution < -0.4 is 11.5 Å². The van der Waals surface area contributed by atoms with Crippen molar-refractivity contribution in [1.29, 1.82) is 0 Å². The molecule has 0 fully saturated rings. The van der Waals surface area contributed by atoms with Gasteiger partial charge < -0.3 is 31.2 Å². The number of ether oxygens (including phenoxy) is 2. The average molecular weight is 472 g/mol. The topological polar surface area (TPSA) is 179 Å². The molecule has 10 nitrogen and oxygen atoms in total. The number of carboxylic acids is 2. The Morgan fingerprint density at radius 3 is 1.18 bits per heavy atom. The van der Waals surface area contributed by atoms with Crippen molar-refractivity contribution in [3.63, 3.8) is 0 Å². The average Bonchev–Trinajstić information content (AvgIpc) is 2.63. The molecule has 0 radical (unpaired) electrons. The summed E-state index contributed by atoms with van der Waals surface area (Å²) in [7, 11) is 0. The Morgan fingerprint density at radius 2 is 0.941 bits per heavy atom. The smallest absolute Gasteiger partial charge is 0.340 e. The van der Waals surface area contributed by atoms with E-state index in [9.17, 15) is 29.4 Å². The Hall–Kier alpha value is -4.08. The van der Waals surface area contributed by atoms with Gasteiger partial charge in [-0.25, -0.2) is 19.2 Å². The number of rotatable bonds is 5. The maximum atomic E-state index is 12.5. The van der Waals surface area contributed by atoms with Gasteiger partial charge in [-0.15, -0.1) is 0 Å². The first kappa shape index (κ1) is 26.2. The van der Waals surface area contributed by atoms with Crippen LogP contribution >= 0.6 is 0 Å². The monoisotopic (exact) mass is 472 g/mol. The van der Waals surface area contributed by atoms with Crippen molar-refractivity contribution in [1.82, 2.24) is 0 Å². The largest absolute Gasteiger partial charge is 0.478 e. The van der Waals surface area contributed by atoms with Crippen LogP contribution in [0.15, 0.2) is 24.3 Å². The molecule has 6 N–H and O–H groups in total. The molecule has 0 heterocycles. The third kappa shape index (κ3) is 5.64. The molecule has 0 atom stereocenters. The summed E-state index contributed by atoms with van der Waals surface area (Å²) in [6.07, 6.45) is 0. The van der Waals surface area contributed by atoms with Gasteiger partial charge in [0.15, 0.2) is 0 Å². The van der Waals surface area contributed by atoms with E-state index in [0.717, 1.165) is 0 Å². The number of carboxylic acid groups (broad SMARTS) is 2. The van der Waals surface area contributed by atoms with Crippen LogP contribution in [0.5, 0.6) is 0 Å². The van der Waals surface area contributed by atoms with Crippen LogP contribution in [0.1, 0.15) is 83.0 Å². The van der Waals surface area contributed by atoms with Gasteiger partial charge in [0.2, 0.25) is 0 Å². The number of aromatic carboxylic acids is 2. The number of hydrogen-bond acceptors (Lipinski definition) is 8. The van der Waals surface area contributed by atoms with E-state index in [-0.39, 0.29) is 22.3 Å². The van der Waals surface area contributed by atoms with Gasteiger partial charge in [-0.3, -0.25) is 0 Å². The number of esters is 2. The lowest BCUT2D eigenvalue weighted by Gasteiger charge is -2.22. The first-order chi connectivity index (χ1) is 15.4. The number of benzene rings is 2. The number of nitrogens with two attached hydrogens (primary N) is 2. The first-order valence-electron chi connectivity index (χ1n) is 10.2. The Bertz CT molecular complexity index is 1090. The lowest BCUT2D eigenvalue weighted by molar-refractivity contribution is 0.00579. The lowest BCUT2D eigenvalue weighted by atomic mass is 9.90. The summed E-state index contributed by atoms with van der Waals surface area (Å²) in [6.45, 7) is 9.84. The third-order valence-corrected chi connectivity index (χ3v) is 4.45. The maximum Gasteiger partial charge on any atom is 0.340 e. The van der Waals surface area contributed by atoms with E-state index in [1.807, 2.05) is 0 Å². The molecule has 0 amide bonds. The van der Waals surface area contributed by atoms with Crippen LogP contribution in [0.2, 0.25) is 0 Å². The standard InChI is InChI=1S/C24H28N2O8/c1-23(2,3)33-21(31)13-9-7-11(15(17(13)25)19(27)28)12-8-10-14(18(26)16(12)20(29)30)22(32)34-24(4,5)6/h7-10H,25-26H2,1-6H3,(H,27,28)(H,29,30). The fourth-order valence-electron chi connectivity index (χ4n) is 3.17. The second-order valence-corrected chi connectivity index (χ2v) is 9.51. The van der Waals surface area contributed by atoms with E-state index in [1.54, 1.807) is 41.5 Å². The van der Waals surface area contributed by atoms with Gasteiger partial charge in [0.05, 0.1) is 33.6 Å². The summed E-state index contributed by atoms with van der Waals surface area (Å²) in [5.41, 5.74) is 7.95. The van der Waals surface area contributed by atoms with Gasteiger partial charge in [-0.1, -0.05) is 12.1 Å². The van der Waals surface area contributed by atoms with E-state index < -0.39 is 57.6 Å². The molecular weight excluding hydrogens is 444 g/mol. The second-order valence-electron chi connectivity index (χ2n) is 9.51. The molecule has 0 aromatic heterocycles. The van der Waals surface area contributed by atoms with E-state index in [0.29, 0.717) is 0 Å². The van der Waals surface area contributed by atoms with Crippen molar-refractivity contribution in [3.8, 4) is 11.1 Å². The molecule has 0 saturated carbocycles. The van der Waals surface area contributed by atoms with Gasteiger partial charge in [0.25, 0.3) is 0 Å². The molecule has 2 rings (SSSR count). The molecule has 34 heavy (non-hydrogen) atoms. The summed E-state index contributed by atoms with van der Waals surface area (Å²) >= 11 is 0. The minimum atomic E-state index is -1.50. The number of carbonyl (C=O) groups excluding carboxylic acids is 2. The zero-order valence-electron chi connectivity index (χ0n) is 19.8. The lowest BCUT2D eigenvalue weighted by Crippen LogP contribution is -2.25. The fourth-order valence-corrected chi connectivity index (χ4v) is 3.17. The Morgan fingerprint density at radius 1 is 0.647 bits per heavy atom. The number of nitrogen functional groups attached to an aromatic ring is 2. The van der Waals surface area contributed by atoms with E-state index in [1.165, 1.54) is 24.3 Å². The van der Waals surface area contributed by atoms with Crippen molar-refractivity contribution < 1.29 is 38.9 Å². The minimum Gasteiger partial charge on any atom is -0.478 e. The van der Waals surface area contributed by atoms with Gasteiger partial charge in [-0.05, 0) is 64.8 Å². The van der Waals surface area contributed by atoms with Crippen molar-refractivity contribution in [2.45, 2.75) is 52.7 Å². The van der Waals surface area contributed by atoms with Gasteiger partial charge in [0.1, 0.15) is 11.2 Å². The van der Waals surface area contributed by atoms with Crippen LogP contribution in [0.4, 0.5) is 11.4 Å². The highest BCUT2D eigenvalue weighted by atomic mass is 16.6. The highest BCUT2D eigenvalue weighted by Crippen LogP contribution is 2.37. The highest BCUT2D eigenvalue weighted by molar-refractivity contribution is 6.12. The Kier molecular flexibility index (Phi) is 6.96. The molecule has 2 aromatic carbocycles. The normalized spacial score (nSPS) is 11.6. The third-order valence-electron chi connectivity index (χ3n) is 4.45. The van der Waals surface area contributed by atoms with Crippen LogP contribution in [0, 0.1) is 0 Å². The maximum absolute atomic E-state index is 12.5. The van der Waals surface area contributed by atoms with Crippen molar-refractivity contribution >= 4 is 35.3 Å². The molecule has 10 heteroatoms. The van der Waals surface area contributed by atoms with E-state index in [4.69, 9.17) is 20.9 Å². The van der Waals surface area contributed by atoms with Gasteiger partial charge in [-0.2, -0.15) is 0 Å². The molecule has 0 unspecified atom stereocenters. The quantitative estimate of drug-likeness (QED) is 0.369. The molecular formula is C24H28N2O8. The number of anilines is 2. The summed E-state index contributed by atoms with van der Waals surface area (Å²) in [5, 5.41) is 19.7. The van der Waals surface area contributed by atoms with Gasteiger partial charge in [0, 0.05) is 0 Å². The van der Waals surface area contributed by atoms with Crippen LogP contribution in [-0.4, -0.2) is 45.3 Å². The summed E-state index contributed by atoms with van der Waals surface area (Å²) in [4.78, 5) is 49.2. The number of hydrogen-bond donors (Lipinski definition) is 4. The molecule has 182 valence electrons. The SMILES string of the molecule is CC(C)(C)OC(=O)c1ccc(-c2ccc(C(=O)OC(C)(C)C)c(N)c2C(=O)O)c(C(=O)O)c1N. The summed E-state index contributed by atoms with van der Waals surface area (Å²) < 4.78 is 10.5. The van der Waals surface area contributed by atoms with E-state index >= 15 is 0 Å². The first-order valence-corrected chi connectivity index (χ1v) is 10.2. The molecule has 0 aliphatic carbocycles. The van der Waals surface area contributed by atoms with Crippen LogP contribution in [0.25, 0.3) is 11.1 Å². The van der Waals surface area contributed by atoms with Crippen molar-refractivity contribution in [2.75, 3.05) is 11.5 Å². The summed E-state index contributed by atoms with van der Waals surface area (Å²) in [5.74, 6) is -4.66. The molecule has 2 aromatic rings. The van der Waals surface area contributed by atoms with Crippen LogP contribution in [-0.2, 0) is 9.47 Å². The minimum absolute atomic E-state index is 0.0999. The predicted octanol–water partition coefficient (Wildman–Crippen LogP) is 3.83. The van der Waals surface area contributed by atoms with Crippen molar-refractivity contribution in [2.24, 2.45) is 0 Å². The predicted molar refractivity (Wildman–Crippen MR) is 125 cm³/mol. The van der Waals surface area contributed by atoms with Crippen molar-refractivity contribution in [3.05, 3.63) is 46.5 Å². The molecule has 0 saturated heterocycles. The molecule has 0 aliphatic rings. The molecule has 0 bridgehead atoms. The van der Waals surface area contributed by atoms with Crippen LogP contribution in [0.3, 0.4) is 0 Å². The number of carbonyl (C=O) groups is 4. The fraction of sp³-hybridized carbons (Fsp3) is 0.333.